The summed E-state index contributed by atoms with van der Waals surface area (Å²) in [5, 5.41) is 3.14. The Kier molecular flexibility index (Phi) is 5.80. The molecule has 4 nitrogen and oxygen atoms in total. The quantitative estimate of drug-likeness (QED) is 0.596. The van der Waals surface area contributed by atoms with Gasteiger partial charge < -0.3 is 5.32 Å². The summed E-state index contributed by atoms with van der Waals surface area (Å²) in [6.45, 7) is 0.746. The normalized spacial score (nSPS) is 17.1. The molecule has 0 atom stereocenters. The van der Waals surface area contributed by atoms with Crippen molar-refractivity contribution in [3.63, 3.8) is 0 Å². The zero-order valence-corrected chi connectivity index (χ0v) is 18.3. The van der Waals surface area contributed by atoms with Crippen molar-refractivity contribution in [3.05, 3.63) is 57.9 Å². The summed E-state index contributed by atoms with van der Waals surface area (Å²) >= 11 is 1.85. The number of carbonyl (C=O) groups excluding carboxylic acids is 1. The first-order chi connectivity index (χ1) is 14.8. The highest BCUT2D eigenvalue weighted by atomic mass is 32.1. The molecule has 2 aromatic heterocycles. The average molecular weight is 420 g/mol. The van der Waals surface area contributed by atoms with E-state index in [9.17, 15) is 4.79 Å². The van der Waals surface area contributed by atoms with Crippen LogP contribution in [0.5, 0.6) is 0 Å². The summed E-state index contributed by atoms with van der Waals surface area (Å²) in [7, 11) is 0. The predicted molar refractivity (Wildman–Crippen MR) is 122 cm³/mol. The molecule has 0 bridgehead atoms. The van der Waals surface area contributed by atoms with Crippen molar-refractivity contribution >= 4 is 27.5 Å². The number of nitrogens with zero attached hydrogens (tertiary/aromatic N) is 2. The third-order valence-corrected chi connectivity index (χ3v) is 7.89. The standard InChI is InChI=1S/C25H29N3OS/c29-25(26-16-18-11-5-2-6-12-18)24-27-20(15-17-9-3-1-4-10-17)23-22(28-24)19-13-7-8-14-21(19)30-23/h1,3-4,9-10,18H,2,5-8,11-16H2,(H,26,29). The summed E-state index contributed by atoms with van der Waals surface area (Å²) in [4.78, 5) is 24.0. The average Bonchev–Trinajstić information content (AvgIpc) is 3.18. The van der Waals surface area contributed by atoms with Gasteiger partial charge in [-0.25, -0.2) is 9.97 Å². The Morgan fingerprint density at radius 2 is 1.80 bits per heavy atom. The van der Waals surface area contributed by atoms with Crippen LogP contribution in [0.3, 0.4) is 0 Å². The number of amides is 1. The lowest BCUT2D eigenvalue weighted by Crippen LogP contribution is -2.31. The Labute approximate surface area is 182 Å². The Bertz CT molecular complexity index is 1040. The van der Waals surface area contributed by atoms with Crippen molar-refractivity contribution in [3.8, 4) is 0 Å². The van der Waals surface area contributed by atoms with Gasteiger partial charge in [0.2, 0.25) is 5.82 Å². The van der Waals surface area contributed by atoms with Gasteiger partial charge >= 0.3 is 0 Å². The van der Waals surface area contributed by atoms with Crippen LogP contribution in [0.4, 0.5) is 0 Å². The van der Waals surface area contributed by atoms with Gasteiger partial charge in [-0.15, -0.1) is 11.3 Å². The maximum Gasteiger partial charge on any atom is 0.289 e. The summed E-state index contributed by atoms with van der Waals surface area (Å²) < 4.78 is 1.18. The molecule has 2 aliphatic carbocycles. The van der Waals surface area contributed by atoms with Gasteiger partial charge in [-0.05, 0) is 55.6 Å². The van der Waals surface area contributed by atoms with E-state index in [0.717, 1.165) is 37.0 Å². The Balaban J connectivity index is 1.47. The second-order valence-corrected chi connectivity index (χ2v) is 9.86. The first kappa shape index (κ1) is 19.7. The van der Waals surface area contributed by atoms with Crippen LogP contribution in [0.2, 0.25) is 0 Å². The van der Waals surface area contributed by atoms with Crippen molar-refractivity contribution in [2.75, 3.05) is 6.54 Å². The maximum absolute atomic E-state index is 13.0. The van der Waals surface area contributed by atoms with E-state index in [0.29, 0.717) is 11.7 Å². The number of aromatic nitrogens is 2. The highest BCUT2D eigenvalue weighted by Gasteiger charge is 2.23. The van der Waals surface area contributed by atoms with E-state index in [4.69, 9.17) is 9.97 Å². The number of benzene rings is 1. The minimum absolute atomic E-state index is 0.118. The molecule has 1 saturated carbocycles. The van der Waals surface area contributed by atoms with E-state index in [1.807, 2.05) is 17.4 Å². The SMILES string of the molecule is O=C(NCC1CCCCC1)c1nc(Cc2ccccc2)c2sc3c(c2n1)CCCC3. The zero-order valence-electron chi connectivity index (χ0n) is 17.5. The monoisotopic (exact) mass is 419 g/mol. The highest BCUT2D eigenvalue weighted by molar-refractivity contribution is 7.19. The minimum Gasteiger partial charge on any atom is -0.349 e. The van der Waals surface area contributed by atoms with Gasteiger partial charge in [-0.2, -0.15) is 0 Å². The number of carbonyl (C=O) groups is 1. The largest absolute Gasteiger partial charge is 0.349 e. The fourth-order valence-electron chi connectivity index (χ4n) is 4.89. The van der Waals surface area contributed by atoms with Gasteiger partial charge in [0.25, 0.3) is 5.91 Å². The number of hydrogen-bond acceptors (Lipinski definition) is 4. The Morgan fingerprint density at radius 1 is 1.00 bits per heavy atom. The zero-order chi connectivity index (χ0) is 20.3. The predicted octanol–water partition coefficient (Wildman–Crippen LogP) is 5.47. The number of fused-ring (bicyclic) bond motifs is 3. The Hall–Kier alpha value is -2.27. The van der Waals surface area contributed by atoms with Crippen LogP contribution in [0, 0.1) is 5.92 Å². The van der Waals surface area contributed by atoms with Crippen LogP contribution in [-0.4, -0.2) is 22.4 Å². The third kappa shape index (κ3) is 4.13. The number of nitrogens with one attached hydrogen (secondary N) is 1. The van der Waals surface area contributed by atoms with Crippen molar-refractivity contribution in [1.82, 2.24) is 15.3 Å². The molecular weight excluding hydrogens is 390 g/mol. The lowest BCUT2D eigenvalue weighted by Gasteiger charge is -2.21. The van der Waals surface area contributed by atoms with Crippen LogP contribution in [0.1, 0.15) is 77.3 Å². The summed E-state index contributed by atoms with van der Waals surface area (Å²) in [5.74, 6) is 0.826. The summed E-state index contributed by atoms with van der Waals surface area (Å²) in [6, 6.07) is 10.4. The molecule has 1 fully saturated rings. The number of hydrogen-bond donors (Lipinski definition) is 1. The van der Waals surface area contributed by atoms with Crippen LogP contribution in [0.15, 0.2) is 30.3 Å². The molecule has 0 saturated heterocycles. The fourth-order valence-corrected chi connectivity index (χ4v) is 6.21. The molecule has 156 valence electrons. The van der Waals surface area contributed by atoms with Crippen molar-refractivity contribution in [1.29, 1.82) is 0 Å². The summed E-state index contributed by atoms with van der Waals surface area (Å²) in [5.41, 5.74) is 4.60. The molecular formula is C25H29N3OS. The van der Waals surface area contributed by atoms with Gasteiger partial charge in [0.15, 0.2) is 0 Å². The molecule has 5 heteroatoms. The molecule has 30 heavy (non-hydrogen) atoms. The van der Waals surface area contributed by atoms with Crippen LogP contribution in [0.25, 0.3) is 10.2 Å². The van der Waals surface area contributed by atoms with E-state index in [2.05, 4.69) is 29.6 Å². The Morgan fingerprint density at radius 3 is 2.63 bits per heavy atom. The van der Waals surface area contributed by atoms with E-state index in [1.54, 1.807) is 0 Å². The smallest absolute Gasteiger partial charge is 0.289 e. The van der Waals surface area contributed by atoms with E-state index in [1.165, 1.54) is 65.6 Å². The molecule has 2 heterocycles. The molecule has 0 aliphatic heterocycles. The van der Waals surface area contributed by atoms with Crippen molar-refractivity contribution in [2.45, 2.75) is 64.2 Å². The number of rotatable bonds is 5. The van der Waals surface area contributed by atoms with Crippen molar-refractivity contribution in [2.24, 2.45) is 5.92 Å². The molecule has 1 amide bonds. The van der Waals surface area contributed by atoms with Gasteiger partial charge in [0.1, 0.15) is 0 Å². The maximum atomic E-state index is 13.0. The molecule has 0 radical (unpaired) electrons. The highest BCUT2D eigenvalue weighted by Crippen LogP contribution is 2.37. The molecule has 2 aliphatic rings. The van der Waals surface area contributed by atoms with Gasteiger partial charge in [-0.1, -0.05) is 49.6 Å². The summed E-state index contributed by atoms with van der Waals surface area (Å²) in [6.07, 6.45) is 11.7. The van der Waals surface area contributed by atoms with Crippen LogP contribution in [-0.2, 0) is 19.3 Å². The second-order valence-electron chi connectivity index (χ2n) is 8.76. The van der Waals surface area contributed by atoms with Gasteiger partial charge in [0, 0.05) is 17.8 Å². The molecule has 5 rings (SSSR count). The third-order valence-electron chi connectivity index (χ3n) is 6.56. The first-order valence-electron chi connectivity index (χ1n) is 11.4. The van der Waals surface area contributed by atoms with Crippen LogP contribution < -0.4 is 5.32 Å². The van der Waals surface area contributed by atoms with E-state index in [-0.39, 0.29) is 5.91 Å². The van der Waals surface area contributed by atoms with E-state index < -0.39 is 0 Å². The minimum atomic E-state index is -0.118. The van der Waals surface area contributed by atoms with E-state index >= 15 is 0 Å². The van der Waals surface area contributed by atoms with Gasteiger partial charge in [0.05, 0.1) is 15.9 Å². The molecule has 3 aromatic rings. The molecule has 0 spiro atoms. The molecule has 1 N–H and O–H groups in total. The topological polar surface area (TPSA) is 54.9 Å². The van der Waals surface area contributed by atoms with Crippen LogP contribution >= 0.6 is 11.3 Å². The van der Waals surface area contributed by atoms with Crippen molar-refractivity contribution < 1.29 is 4.79 Å². The first-order valence-corrected chi connectivity index (χ1v) is 12.2. The second kappa shape index (κ2) is 8.84. The number of thiophene rings is 1. The van der Waals surface area contributed by atoms with Gasteiger partial charge in [-0.3, -0.25) is 4.79 Å². The lowest BCUT2D eigenvalue weighted by atomic mass is 9.89. The fraction of sp³-hybridized carbons (Fsp3) is 0.480. The molecule has 0 unspecified atom stereocenters. The molecule has 1 aromatic carbocycles. The number of aryl methyl sites for hydroxylation is 2. The lowest BCUT2D eigenvalue weighted by molar-refractivity contribution is 0.0933.